The molecule has 0 saturated carbocycles. The van der Waals surface area contributed by atoms with E-state index in [2.05, 4.69) is 17.0 Å². The molecule has 0 bridgehead atoms. The van der Waals surface area contributed by atoms with Gasteiger partial charge >= 0.3 is 5.97 Å². The molecule has 1 heterocycles. The maximum atomic E-state index is 12.1. The number of hydrogen-bond acceptors (Lipinski definition) is 5. The van der Waals surface area contributed by atoms with Crippen LogP contribution in [-0.2, 0) is 14.3 Å². The number of nitrogens with zero attached hydrogens (tertiary/aromatic N) is 1. The van der Waals surface area contributed by atoms with Gasteiger partial charge in [0.2, 0.25) is 0 Å². The van der Waals surface area contributed by atoms with Gasteiger partial charge in [-0.25, -0.2) is 0 Å². The van der Waals surface area contributed by atoms with E-state index in [1.165, 1.54) is 4.90 Å². The van der Waals surface area contributed by atoms with Crippen molar-refractivity contribution in [3.05, 3.63) is 30.3 Å². The van der Waals surface area contributed by atoms with Gasteiger partial charge in [-0.1, -0.05) is 18.2 Å². The summed E-state index contributed by atoms with van der Waals surface area (Å²) in [7, 11) is 0. The number of morpholine rings is 1. The van der Waals surface area contributed by atoms with Crippen molar-refractivity contribution in [3.63, 3.8) is 0 Å². The summed E-state index contributed by atoms with van der Waals surface area (Å²) < 4.78 is 10.6. The number of esters is 1. The standard InChI is InChI=1S/C16H23NO3S/c1-2-20-16(18)14(12-17-8-10-19-11-9-17)13-21-15-6-4-3-5-7-15/h3-7,14H,2,8-13H2,1H3. The molecule has 21 heavy (non-hydrogen) atoms. The zero-order valence-corrected chi connectivity index (χ0v) is 13.3. The first-order valence-electron chi connectivity index (χ1n) is 7.44. The Balaban J connectivity index is 1.89. The van der Waals surface area contributed by atoms with E-state index in [0.717, 1.165) is 38.6 Å². The van der Waals surface area contributed by atoms with E-state index >= 15 is 0 Å². The molecule has 0 aromatic heterocycles. The Hall–Kier alpha value is -1.04. The van der Waals surface area contributed by atoms with E-state index in [0.29, 0.717) is 6.61 Å². The SMILES string of the molecule is CCOC(=O)C(CSc1ccccc1)CN1CCOCC1. The fourth-order valence-electron chi connectivity index (χ4n) is 2.26. The predicted molar refractivity (Wildman–Crippen MR) is 84.5 cm³/mol. The van der Waals surface area contributed by atoms with Crippen LogP contribution in [0.4, 0.5) is 0 Å². The molecular weight excluding hydrogens is 286 g/mol. The van der Waals surface area contributed by atoms with E-state index in [-0.39, 0.29) is 11.9 Å². The van der Waals surface area contributed by atoms with Crippen LogP contribution in [0.1, 0.15) is 6.92 Å². The lowest BCUT2D eigenvalue weighted by Crippen LogP contribution is -2.42. The van der Waals surface area contributed by atoms with Crippen LogP contribution in [0.5, 0.6) is 0 Å². The molecule has 116 valence electrons. The number of rotatable bonds is 7. The summed E-state index contributed by atoms with van der Waals surface area (Å²) in [5.74, 6) is 0.570. The molecule has 1 saturated heterocycles. The molecule has 1 aliphatic rings. The molecule has 1 unspecified atom stereocenters. The lowest BCUT2D eigenvalue weighted by atomic mass is 10.1. The van der Waals surface area contributed by atoms with Gasteiger partial charge in [0.15, 0.2) is 0 Å². The van der Waals surface area contributed by atoms with E-state index in [4.69, 9.17) is 9.47 Å². The van der Waals surface area contributed by atoms with Crippen LogP contribution in [-0.4, -0.2) is 56.1 Å². The molecule has 5 heteroatoms. The van der Waals surface area contributed by atoms with Crippen LogP contribution in [0.15, 0.2) is 35.2 Å². The average Bonchev–Trinajstić information content (AvgIpc) is 2.53. The maximum Gasteiger partial charge on any atom is 0.311 e. The highest BCUT2D eigenvalue weighted by Gasteiger charge is 2.24. The number of ether oxygens (including phenoxy) is 2. The quantitative estimate of drug-likeness (QED) is 0.571. The van der Waals surface area contributed by atoms with Crippen molar-refractivity contribution in [2.75, 3.05) is 45.2 Å². The molecule has 0 spiro atoms. The minimum atomic E-state index is -0.0903. The van der Waals surface area contributed by atoms with Crippen LogP contribution >= 0.6 is 11.8 Å². The molecule has 1 atom stereocenters. The van der Waals surface area contributed by atoms with Crippen molar-refractivity contribution in [2.45, 2.75) is 11.8 Å². The highest BCUT2D eigenvalue weighted by atomic mass is 32.2. The first kappa shape index (κ1) is 16.3. The summed E-state index contributed by atoms with van der Waals surface area (Å²) in [6.45, 7) is 6.34. The van der Waals surface area contributed by atoms with E-state index in [1.807, 2.05) is 25.1 Å². The van der Waals surface area contributed by atoms with Gasteiger partial charge in [-0.2, -0.15) is 0 Å². The van der Waals surface area contributed by atoms with Gasteiger partial charge in [-0.3, -0.25) is 9.69 Å². The number of carbonyl (C=O) groups excluding carboxylic acids is 1. The minimum absolute atomic E-state index is 0.0896. The lowest BCUT2D eigenvalue weighted by Gasteiger charge is -2.29. The lowest BCUT2D eigenvalue weighted by molar-refractivity contribution is -0.148. The zero-order chi connectivity index (χ0) is 14.9. The van der Waals surface area contributed by atoms with E-state index in [9.17, 15) is 4.79 Å². The van der Waals surface area contributed by atoms with Gasteiger partial charge in [-0.15, -0.1) is 11.8 Å². The summed E-state index contributed by atoms with van der Waals surface area (Å²) in [6, 6.07) is 10.2. The number of carbonyl (C=O) groups is 1. The van der Waals surface area contributed by atoms with Gasteiger partial charge in [0, 0.05) is 30.3 Å². The number of benzene rings is 1. The van der Waals surface area contributed by atoms with Crippen LogP contribution < -0.4 is 0 Å². The Labute approximate surface area is 130 Å². The highest BCUT2D eigenvalue weighted by molar-refractivity contribution is 7.99. The molecule has 0 N–H and O–H groups in total. The van der Waals surface area contributed by atoms with E-state index < -0.39 is 0 Å². The molecule has 1 aromatic carbocycles. The van der Waals surface area contributed by atoms with Crippen LogP contribution in [0.2, 0.25) is 0 Å². The molecule has 0 radical (unpaired) electrons. The van der Waals surface area contributed by atoms with Gasteiger partial charge in [0.05, 0.1) is 25.7 Å². The fraction of sp³-hybridized carbons (Fsp3) is 0.562. The fourth-order valence-corrected chi connectivity index (χ4v) is 3.25. The largest absolute Gasteiger partial charge is 0.466 e. The smallest absolute Gasteiger partial charge is 0.311 e. The molecule has 0 aliphatic carbocycles. The second-order valence-corrected chi connectivity index (χ2v) is 6.08. The minimum Gasteiger partial charge on any atom is -0.466 e. The Morgan fingerprint density at radius 2 is 2.05 bits per heavy atom. The first-order chi connectivity index (χ1) is 10.3. The predicted octanol–water partition coefficient (Wildman–Crippen LogP) is 2.29. The van der Waals surface area contributed by atoms with Crippen molar-refractivity contribution in [1.82, 2.24) is 4.90 Å². The Kier molecular flexibility index (Phi) is 7.06. The molecule has 1 aliphatic heterocycles. The third-order valence-electron chi connectivity index (χ3n) is 3.40. The van der Waals surface area contributed by atoms with Crippen LogP contribution in [0.3, 0.4) is 0 Å². The van der Waals surface area contributed by atoms with Crippen molar-refractivity contribution >= 4 is 17.7 Å². The second-order valence-electron chi connectivity index (χ2n) is 4.99. The van der Waals surface area contributed by atoms with Gasteiger partial charge in [0.25, 0.3) is 0 Å². The van der Waals surface area contributed by atoms with Gasteiger partial charge < -0.3 is 9.47 Å². The van der Waals surface area contributed by atoms with Crippen LogP contribution in [0.25, 0.3) is 0 Å². The second kappa shape index (κ2) is 9.07. The van der Waals surface area contributed by atoms with Crippen molar-refractivity contribution in [1.29, 1.82) is 0 Å². The molecule has 2 rings (SSSR count). The Morgan fingerprint density at radius 1 is 1.33 bits per heavy atom. The van der Waals surface area contributed by atoms with Crippen molar-refractivity contribution in [3.8, 4) is 0 Å². The summed E-state index contributed by atoms with van der Waals surface area (Å²) >= 11 is 1.71. The van der Waals surface area contributed by atoms with Gasteiger partial charge in [0.1, 0.15) is 0 Å². The third-order valence-corrected chi connectivity index (χ3v) is 4.57. The highest BCUT2D eigenvalue weighted by Crippen LogP contribution is 2.22. The monoisotopic (exact) mass is 309 g/mol. The van der Waals surface area contributed by atoms with Crippen molar-refractivity contribution < 1.29 is 14.3 Å². The number of hydrogen-bond donors (Lipinski definition) is 0. The first-order valence-corrected chi connectivity index (χ1v) is 8.42. The van der Waals surface area contributed by atoms with Gasteiger partial charge in [-0.05, 0) is 19.1 Å². The van der Waals surface area contributed by atoms with Crippen LogP contribution in [0, 0.1) is 5.92 Å². The average molecular weight is 309 g/mol. The normalized spacial score (nSPS) is 17.4. The Morgan fingerprint density at radius 3 is 2.71 bits per heavy atom. The third kappa shape index (κ3) is 5.69. The summed E-state index contributed by atoms with van der Waals surface area (Å²) in [4.78, 5) is 15.6. The summed E-state index contributed by atoms with van der Waals surface area (Å²) in [6.07, 6.45) is 0. The molecule has 1 aromatic rings. The molecular formula is C16H23NO3S. The summed E-state index contributed by atoms with van der Waals surface area (Å²) in [5.41, 5.74) is 0. The Bertz CT molecular complexity index is 421. The maximum absolute atomic E-state index is 12.1. The van der Waals surface area contributed by atoms with E-state index in [1.54, 1.807) is 11.8 Å². The zero-order valence-electron chi connectivity index (χ0n) is 12.5. The molecule has 1 fully saturated rings. The summed E-state index contributed by atoms with van der Waals surface area (Å²) in [5, 5.41) is 0. The molecule has 4 nitrogen and oxygen atoms in total. The number of thioether (sulfide) groups is 1. The topological polar surface area (TPSA) is 38.8 Å². The van der Waals surface area contributed by atoms with Crippen molar-refractivity contribution in [2.24, 2.45) is 5.92 Å². The molecule has 0 amide bonds.